The van der Waals surface area contributed by atoms with Gasteiger partial charge in [0, 0.05) is 6.54 Å². The minimum atomic E-state index is 0.00112. The van der Waals surface area contributed by atoms with Crippen molar-refractivity contribution in [2.75, 3.05) is 13.1 Å². The molecule has 0 aromatic heterocycles. The van der Waals surface area contributed by atoms with E-state index in [1.54, 1.807) is 0 Å². The van der Waals surface area contributed by atoms with Crippen molar-refractivity contribution in [3.8, 4) is 0 Å². The summed E-state index contributed by atoms with van der Waals surface area (Å²) in [5, 5.41) is 6.29. The lowest BCUT2D eigenvalue weighted by Gasteiger charge is -2.14. The summed E-state index contributed by atoms with van der Waals surface area (Å²) in [5.74, 6) is 0.163. The van der Waals surface area contributed by atoms with E-state index in [1.165, 1.54) is 5.56 Å². The topological polar surface area (TPSA) is 41.1 Å². The first-order valence-corrected chi connectivity index (χ1v) is 6.41. The van der Waals surface area contributed by atoms with Gasteiger partial charge in [-0.05, 0) is 37.8 Å². The van der Waals surface area contributed by atoms with Crippen LogP contribution < -0.4 is 10.6 Å². The second-order valence-electron chi connectivity index (χ2n) is 4.53. The van der Waals surface area contributed by atoms with Crippen LogP contribution in [0.1, 0.15) is 24.8 Å². The third-order valence-corrected chi connectivity index (χ3v) is 3.18. The third-order valence-electron chi connectivity index (χ3n) is 3.18. The molecule has 1 atom stereocenters. The zero-order valence-corrected chi connectivity index (χ0v) is 10.1. The highest BCUT2D eigenvalue weighted by Crippen LogP contribution is 2.05. The molecule has 0 aliphatic carbocycles. The van der Waals surface area contributed by atoms with Crippen LogP contribution in [-0.4, -0.2) is 25.0 Å². The van der Waals surface area contributed by atoms with Crippen molar-refractivity contribution >= 4 is 5.91 Å². The van der Waals surface area contributed by atoms with Gasteiger partial charge in [0.05, 0.1) is 6.04 Å². The highest BCUT2D eigenvalue weighted by atomic mass is 16.2. The second-order valence-corrected chi connectivity index (χ2v) is 4.53. The summed E-state index contributed by atoms with van der Waals surface area (Å²) in [5.41, 5.74) is 1.31. The summed E-state index contributed by atoms with van der Waals surface area (Å²) in [7, 11) is 0. The van der Waals surface area contributed by atoms with Crippen LogP contribution in [0.2, 0.25) is 0 Å². The molecule has 1 aliphatic rings. The molecule has 2 rings (SSSR count). The van der Waals surface area contributed by atoms with E-state index >= 15 is 0 Å². The van der Waals surface area contributed by atoms with Crippen LogP contribution in [0.3, 0.4) is 0 Å². The molecule has 1 fully saturated rings. The van der Waals surface area contributed by atoms with Gasteiger partial charge < -0.3 is 10.6 Å². The first-order chi connectivity index (χ1) is 8.36. The minimum absolute atomic E-state index is 0.00112. The summed E-state index contributed by atoms with van der Waals surface area (Å²) < 4.78 is 0. The van der Waals surface area contributed by atoms with Crippen molar-refractivity contribution in [1.82, 2.24) is 10.6 Å². The summed E-state index contributed by atoms with van der Waals surface area (Å²) in [4.78, 5) is 11.7. The smallest absolute Gasteiger partial charge is 0.237 e. The second kappa shape index (κ2) is 6.40. The monoisotopic (exact) mass is 232 g/mol. The molecule has 3 heteroatoms. The Morgan fingerprint density at radius 1 is 1.24 bits per heavy atom. The number of hydrogen-bond donors (Lipinski definition) is 2. The van der Waals surface area contributed by atoms with E-state index in [0.29, 0.717) is 0 Å². The molecule has 2 N–H and O–H groups in total. The van der Waals surface area contributed by atoms with Gasteiger partial charge >= 0.3 is 0 Å². The molecule has 1 aromatic rings. The van der Waals surface area contributed by atoms with Crippen LogP contribution in [0, 0.1) is 0 Å². The number of nitrogens with one attached hydrogen (secondary N) is 2. The van der Waals surface area contributed by atoms with Crippen molar-refractivity contribution in [1.29, 1.82) is 0 Å². The molecule has 1 aromatic carbocycles. The Morgan fingerprint density at radius 2 is 2.06 bits per heavy atom. The van der Waals surface area contributed by atoms with E-state index in [9.17, 15) is 4.79 Å². The largest absolute Gasteiger partial charge is 0.355 e. The Bertz CT molecular complexity index is 350. The lowest BCUT2D eigenvalue weighted by molar-refractivity contribution is -0.122. The molecule has 92 valence electrons. The van der Waals surface area contributed by atoms with Gasteiger partial charge in [-0.15, -0.1) is 0 Å². The number of amides is 1. The predicted octanol–water partition coefficient (Wildman–Crippen LogP) is 1.49. The molecule has 0 bridgehead atoms. The van der Waals surface area contributed by atoms with E-state index in [-0.39, 0.29) is 11.9 Å². The predicted molar refractivity (Wildman–Crippen MR) is 68.8 cm³/mol. The van der Waals surface area contributed by atoms with Gasteiger partial charge in [-0.2, -0.15) is 0 Å². The van der Waals surface area contributed by atoms with Crippen molar-refractivity contribution in [2.24, 2.45) is 0 Å². The van der Waals surface area contributed by atoms with E-state index in [2.05, 4.69) is 22.8 Å². The normalized spacial score (nSPS) is 20.7. The SMILES string of the molecule is O=C1NCCCCC1NCCc1ccccc1. The number of rotatable bonds is 4. The van der Waals surface area contributed by atoms with E-state index < -0.39 is 0 Å². The maximum absolute atomic E-state index is 11.7. The molecular formula is C14H20N2O. The molecular weight excluding hydrogens is 212 g/mol. The fourth-order valence-corrected chi connectivity index (χ4v) is 2.17. The average Bonchev–Trinajstić information content (AvgIpc) is 2.56. The maximum atomic E-state index is 11.7. The van der Waals surface area contributed by atoms with Gasteiger partial charge in [0.25, 0.3) is 0 Å². The van der Waals surface area contributed by atoms with Crippen molar-refractivity contribution in [3.05, 3.63) is 35.9 Å². The average molecular weight is 232 g/mol. The molecule has 1 unspecified atom stereocenters. The third kappa shape index (κ3) is 3.86. The molecule has 1 aliphatic heterocycles. The van der Waals surface area contributed by atoms with Crippen molar-refractivity contribution in [3.63, 3.8) is 0 Å². The first kappa shape index (κ1) is 12.1. The molecule has 17 heavy (non-hydrogen) atoms. The zero-order valence-electron chi connectivity index (χ0n) is 10.1. The van der Waals surface area contributed by atoms with Gasteiger partial charge in [-0.25, -0.2) is 0 Å². The molecule has 1 saturated heterocycles. The summed E-state index contributed by atoms with van der Waals surface area (Å²) >= 11 is 0. The van der Waals surface area contributed by atoms with E-state index in [1.807, 2.05) is 18.2 Å². The molecule has 0 radical (unpaired) electrons. The summed E-state index contributed by atoms with van der Waals surface area (Å²) in [6.07, 6.45) is 4.16. The lowest BCUT2D eigenvalue weighted by Crippen LogP contribution is -2.43. The Labute approximate surface area is 103 Å². The fraction of sp³-hybridized carbons (Fsp3) is 0.500. The minimum Gasteiger partial charge on any atom is -0.355 e. The quantitative estimate of drug-likeness (QED) is 0.825. The Morgan fingerprint density at radius 3 is 2.88 bits per heavy atom. The van der Waals surface area contributed by atoms with Crippen LogP contribution >= 0.6 is 0 Å². The Hall–Kier alpha value is -1.35. The van der Waals surface area contributed by atoms with Crippen molar-refractivity contribution in [2.45, 2.75) is 31.7 Å². The number of hydrogen-bond acceptors (Lipinski definition) is 2. The number of carbonyl (C=O) groups is 1. The van der Waals surface area contributed by atoms with Crippen LogP contribution in [-0.2, 0) is 11.2 Å². The first-order valence-electron chi connectivity index (χ1n) is 6.41. The highest BCUT2D eigenvalue weighted by molar-refractivity contribution is 5.81. The Balaban J connectivity index is 1.75. The van der Waals surface area contributed by atoms with E-state index in [0.717, 1.165) is 38.8 Å². The van der Waals surface area contributed by atoms with Gasteiger partial charge in [-0.3, -0.25) is 4.79 Å². The highest BCUT2D eigenvalue weighted by Gasteiger charge is 2.19. The Kier molecular flexibility index (Phi) is 4.56. The number of carbonyl (C=O) groups excluding carboxylic acids is 1. The van der Waals surface area contributed by atoms with Gasteiger partial charge in [0.2, 0.25) is 5.91 Å². The molecule has 0 spiro atoms. The van der Waals surface area contributed by atoms with E-state index in [4.69, 9.17) is 0 Å². The maximum Gasteiger partial charge on any atom is 0.237 e. The molecule has 3 nitrogen and oxygen atoms in total. The fourth-order valence-electron chi connectivity index (χ4n) is 2.17. The molecule has 1 heterocycles. The summed E-state index contributed by atoms with van der Waals surface area (Å²) in [6, 6.07) is 10.4. The molecule has 1 amide bonds. The van der Waals surface area contributed by atoms with Gasteiger partial charge in [-0.1, -0.05) is 30.3 Å². The van der Waals surface area contributed by atoms with Crippen molar-refractivity contribution < 1.29 is 4.79 Å². The van der Waals surface area contributed by atoms with Crippen LogP contribution in [0.5, 0.6) is 0 Å². The standard InChI is InChI=1S/C14H20N2O/c17-14-13(8-4-5-10-16-14)15-11-9-12-6-2-1-3-7-12/h1-3,6-7,13,15H,4-5,8-11H2,(H,16,17). The molecule has 0 saturated carbocycles. The zero-order chi connectivity index (χ0) is 11.9. The van der Waals surface area contributed by atoms with Gasteiger partial charge in [0.1, 0.15) is 0 Å². The van der Waals surface area contributed by atoms with Crippen LogP contribution in [0.25, 0.3) is 0 Å². The van der Waals surface area contributed by atoms with Crippen LogP contribution in [0.15, 0.2) is 30.3 Å². The van der Waals surface area contributed by atoms with Gasteiger partial charge in [0.15, 0.2) is 0 Å². The lowest BCUT2D eigenvalue weighted by atomic mass is 10.1. The van der Waals surface area contributed by atoms with Crippen LogP contribution in [0.4, 0.5) is 0 Å². The number of benzene rings is 1. The summed E-state index contributed by atoms with van der Waals surface area (Å²) in [6.45, 7) is 1.69.